The lowest BCUT2D eigenvalue weighted by molar-refractivity contribution is -0.109. The Kier molecular flexibility index (Phi) is 5.44. The van der Waals surface area contributed by atoms with Gasteiger partial charge in [0.1, 0.15) is 5.82 Å². The zero-order valence-corrected chi connectivity index (χ0v) is 10.1. The Balaban J connectivity index is 2.60. The minimum atomic E-state index is -0.544. The molecule has 0 bridgehead atoms. The maximum Gasteiger partial charge on any atom is 0.185 e. The molecule has 1 aromatic rings. The Bertz CT molecular complexity index is 486. The van der Waals surface area contributed by atoms with Crippen molar-refractivity contribution in [3.05, 3.63) is 35.1 Å². The van der Waals surface area contributed by atoms with Crippen LogP contribution in [0, 0.1) is 17.7 Å². The first-order chi connectivity index (χ1) is 8.13. The molecule has 88 valence electrons. The monoisotopic (exact) mass is 250 g/mol. The van der Waals surface area contributed by atoms with E-state index in [1.807, 2.05) is 0 Å². The Labute approximate surface area is 104 Å². The normalized spacial score (nSPS) is 9.29. The number of hydrogen-bond donors (Lipinski definition) is 0. The number of thioether (sulfide) groups is 1. The van der Waals surface area contributed by atoms with Crippen LogP contribution in [0.5, 0.6) is 0 Å². The molecular weight excluding hydrogens is 239 g/mol. The molecule has 2 nitrogen and oxygen atoms in total. The van der Waals surface area contributed by atoms with Gasteiger partial charge in [0, 0.05) is 24.7 Å². The van der Waals surface area contributed by atoms with Crippen LogP contribution in [0.3, 0.4) is 0 Å². The number of carbonyl (C=O) groups is 2. The van der Waals surface area contributed by atoms with Crippen molar-refractivity contribution in [1.29, 1.82) is 0 Å². The van der Waals surface area contributed by atoms with Crippen LogP contribution in [0.1, 0.15) is 29.3 Å². The van der Waals surface area contributed by atoms with Crippen molar-refractivity contribution in [3.63, 3.8) is 0 Å². The van der Waals surface area contributed by atoms with Crippen LogP contribution in [0.2, 0.25) is 0 Å². The summed E-state index contributed by atoms with van der Waals surface area (Å²) in [5.41, 5.74) is 0.608. The number of rotatable bonds is 3. The van der Waals surface area contributed by atoms with Crippen molar-refractivity contribution < 1.29 is 14.0 Å². The maximum absolute atomic E-state index is 13.0. The van der Waals surface area contributed by atoms with Crippen molar-refractivity contribution in [3.8, 4) is 11.8 Å². The molecule has 1 aromatic carbocycles. The summed E-state index contributed by atoms with van der Waals surface area (Å²) in [4.78, 5) is 21.1. The van der Waals surface area contributed by atoms with Gasteiger partial charge in [-0.2, -0.15) is 0 Å². The SMILES string of the molecule is CC(=O)SCCC#Cc1ccc(F)c(C=O)c1. The van der Waals surface area contributed by atoms with Gasteiger partial charge in [-0.25, -0.2) is 4.39 Å². The summed E-state index contributed by atoms with van der Waals surface area (Å²) >= 11 is 1.22. The van der Waals surface area contributed by atoms with E-state index in [0.717, 1.165) is 0 Å². The number of halogens is 1. The van der Waals surface area contributed by atoms with Gasteiger partial charge >= 0.3 is 0 Å². The van der Waals surface area contributed by atoms with E-state index in [-0.39, 0.29) is 10.7 Å². The van der Waals surface area contributed by atoms with Gasteiger partial charge in [0.05, 0.1) is 5.56 Å². The van der Waals surface area contributed by atoms with Crippen LogP contribution < -0.4 is 0 Å². The molecule has 0 fully saturated rings. The number of carbonyl (C=O) groups excluding carboxylic acids is 2. The average Bonchev–Trinajstić information content (AvgIpc) is 2.30. The molecule has 0 aliphatic heterocycles. The van der Waals surface area contributed by atoms with Gasteiger partial charge < -0.3 is 0 Å². The summed E-state index contributed by atoms with van der Waals surface area (Å²) in [5.74, 6) is 5.79. The minimum absolute atomic E-state index is 0.00918. The van der Waals surface area contributed by atoms with Crippen molar-refractivity contribution in [2.24, 2.45) is 0 Å². The highest BCUT2D eigenvalue weighted by atomic mass is 32.2. The Morgan fingerprint density at radius 1 is 1.53 bits per heavy atom. The smallest absolute Gasteiger partial charge is 0.185 e. The fourth-order valence-corrected chi connectivity index (χ4v) is 1.61. The summed E-state index contributed by atoms with van der Waals surface area (Å²) in [7, 11) is 0. The standard InChI is InChI=1S/C13H11FO2S/c1-10(16)17-7-3-2-4-11-5-6-13(14)12(8-11)9-15/h5-6,8-9H,3,7H2,1H3. The van der Waals surface area contributed by atoms with Crippen LogP contribution >= 0.6 is 11.8 Å². The van der Waals surface area contributed by atoms with Crippen molar-refractivity contribution in [1.82, 2.24) is 0 Å². The average molecular weight is 250 g/mol. The Morgan fingerprint density at radius 2 is 2.29 bits per heavy atom. The van der Waals surface area contributed by atoms with Crippen molar-refractivity contribution in [2.75, 3.05) is 5.75 Å². The van der Waals surface area contributed by atoms with E-state index in [1.54, 1.807) is 0 Å². The summed E-state index contributed by atoms with van der Waals surface area (Å²) in [6.45, 7) is 1.51. The predicted molar refractivity (Wildman–Crippen MR) is 66.4 cm³/mol. The molecule has 0 spiro atoms. The largest absolute Gasteiger partial charge is 0.298 e. The van der Waals surface area contributed by atoms with Gasteiger partial charge in [-0.05, 0) is 18.2 Å². The van der Waals surface area contributed by atoms with Gasteiger partial charge in [-0.15, -0.1) is 0 Å². The Morgan fingerprint density at radius 3 is 2.94 bits per heavy atom. The zero-order valence-electron chi connectivity index (χ0n) is 9.33. The summed E-state index contributed by atoms with van der Waals surface area (Å²) in [6.07, 6.45) is 1.05. The lowest BCUT2D eigenvalue weighted by Gasteiger charge is -1.95. The van der Waals surface area contributed by atoms with E-state index in [4.69, 9.17) is 0 Å². The molecule has 17 heavy (non-hydrogen) atoms. The van der Waals surface area contributed by atoms with E-state index >= 15 is 0 Å². The van der Waals surface area contributed by atoms with Crippen LogP contribution in [-0.4, -0.2) is 17.2 Å². The number of benzene rings is 1. The Hall–Kier alpha value is -1.60. The predicted octanol–water partition coefficient (Wildman–Crippen LogP) is 2.66. The van der Waals surface area contributed by atoms with E-state index in [0.29, 0.717) is 24.0 Å². The van der Waals surface area contributed by atoms with Crippen LogP contribution in [0.25, 0.3) is 0 Å². The molecule has 0 aliphatic carbocycles. The first kappa shape index (κ1) is 13.5. The first-order valence-corrected chi connectivity index (χ1v) is 5.99. The van der Waals surface area contributed by atoms with E-state index in [1.165, 1.54) is 36.9 Å². The molecule has 0 unspecified atom stereocenters. The first-order valence-electron chi connectivity index (χ1n) is 5.00. The second-order valence-corrected chi connectivity index (χ2v) is 4.52. The second kappa shape index (κ2) is 6.87. The fraction of sp³-hybridized carbons (Fsp3) is 0.231. The molecule has 0 aliphatic rings. The van der Waals surface area contributed by atoms with Crippen LogP contribution in [0.4, 0.5) is 4.39 Å². The molecule has 0 atom stereocenters. The lowest BCUT2D eigenvalue weighted by Crippen LogP contribution is -1.88. The minimum Gasteiger partial charge on any atom is -0.298 e. The molecule has 0 heterocycles. The molecule has 1 rings (SSSR count). The highest BCUT2D eigenvalue weighted by molar-refractivity contribution is 8.13. The van der Waals surface area contributed by atoms with Gasteiger partial charge in [0.15, 0.2) is 11.4 Å². The summed E-state index contributed by atoms with van der Waals surface area (Å²) in [5, 5.41) is 0.0665. The molecule has 0 saturated carbocycles. The highest BCUT2D eigenvalue weighted by Crippen LogP contribution is 2.08. The van der Waals surface area contributed by atoms with Crippen molar-refractivity contribution in [2.45, 2.75) is 13.3 Å². The number of hydrogen-bond acceptors (Lipinski definition) is 3. The highest BCUT2D eigenvalue weighted by Gasteiger charge is 2.00. The van der Waals surface area contributed by atoms with Crippen molar-refractivity contribution >= 4 is 23.2 Å². The molecule has 0 radical (unpaired) electrons. The summed E-state index contributed by atoms with van der Waals surface area (Å²) < 4.78 is 13.0. The van der Waals surface area contributed by atoms with E-state index < -0.39 is 5.82 Å². The van der Waals surface area contributed by atoms with Gasteiger partial charge in [-0.1, -0.05) is 23.6 Å². The maximum atomic E-state index is 13.0. The fourth-order valence-electron chi connectivity index (χ4n) is 1.12. The molecule has 4 heteroatoms. The summed E-state index contributed by atoms with van der Waals surface area (Å²) in [6, 6.07) is 4.15. The third kappa shape index (κ3) is 4.83. The molecule has 0 amide bonds. The molecule has 0 saturated heterocycles. The quantitative estimate of drug-likeness (QED) is 0.470. The molecule has 0 N–H and O–H groups in total. The molecule has 0 aromatic heterocycles. The third-order valence-electron chi connectivity index (χ3n) is 1.89. The van der Waals surface area contributed by atoms with E-state index in [2.05, 4.69) is 11.8 Å². The zero-order chi connectivity index (χ0) is 12.7. The van der Waals surface area contributed by atoms with Gasteiger partial charge in [0.2, 0.25) is 0 Å². The lowest BCUT2D eigenvalue weighted by atomic mass is 10.1. The van der Waals surface area contributed by atoms with Gasteiger partial charge in [-0.3, -0.25) is 9.59 Å². The molecular formula is C13H11FO2S. The number of aldehydes is 1. The van der Waals surface area contributed by atoms with E-state index in [9.17, 15) is 14.0 Å². The van der Waals surface area contributed by atoms with Crippen LogP contribution in [0.15, 0.2) is 18.2 Å². The second-order valence-electron chi connectivity index (χ2n) is 3.25. The van der Waals surface area contributed by atoms with Crippen LogP contribution in [-0.2, 0) is 4.79 Å². The third-order valence-corrected chi connectivity index (χ3v) is 2.70. The van der Waals surface area contributed by atoms with Gasteiger partial charge in [0.25, 0.3) is 0 Å². The topological polar surface area (TPSA) is 34.1 Å².